The van der Waals surface area contributed by atoms with Crippen LogP contribution in [0.5, 0.6) is 11.5 Å². The van der Waals surface area contributed by atoms with Gasteiger partial charge in [-0.2, -0.15) is 0 Å². The average molecular weight is 292 g/mol. The lowest BCUT2D eigenvalue weighted by Crippen LogP contribution is -2.11. The van der Waals surface area contributed by atoms with Crippen LogP contribution in [0, 0.1) is 11.6 Å². The first-order chi connectivity index (χ1) is 10.1. The molecule has 21 heavy (non-hydrogen) atoms. The molecule has 0 N–H and O–H groups in total. The highest BCUT2D eigenvalue weighted by atomic mass is 19.1. The number of hydrogen-bond acceptors (Lipinski definition) is 3. The molecule has 0 heterocycles. The summed E-state index contributed by atoms with van der Waals surface area (Å²) in [6, 6.07) is 9.79. The van der Waals surface area contributed by atoms with Crippen LogP contribution in [-0.2, 0) is 0 Å². The number of para-hydroxylation sites is 1. The van der Waals surface area contributed by atoms with E-state index in [1.54, 1.807) is 24.3 Å². The van der Waals surface area contributed by atoms with E-state index in [-0.39, 0.29) is 24.7 Å². The largest absolute Gasteiger partial charge is 0.489 e. The van der Waals surface area contributed by atoms with Crippen LogP contribution in [-0.4, -0.2) is 19.0 Å². The summed E-state index contributed by atoms with van der Waals surface area (Å²) in [5, 5.41) is 0. The highest BCUT2D eigenvalue weighted by Crippen LogP contribution is 2.19. The number of rotatable bonds is 6. The van der Waals surface area contributed by atoms with E-state index in [0.29, 0.717) is 11.3 Å². The minimum atomic E-state index is -0.638. The first-order valence-electron chi connectivity index (χ1n) is 6.38. The number of benzene rings is 2. The molecular formula is C16H14F2O3. The molecule has 2 aromatic carbocycles. The third kappa shape index (κ3) is 4.02. The summed E-state index contributed by atoms with van der Waals surface area (Å²) in [6.45, 7) is 1.59. The van der Waals surface area contributed by atoms with Crippen molar-refractivity contribution in [2.75, 3.05) is 13.2 Å². The Bertz CT molecular complexity index is 641. The monoisotopic (exact) mass is 292 g/mol. The van der Waals surface area contributed by atoms with Gasteiger partial charge in [-0.15, -0.1) is 0 Å². The maximum Gasteiger partial charge on any atom is 0.165 e. The van der Waals surface area contributed by atoms with Crippen LogP contribution in [0.15, 0.2) is 42.5 Å². The van der Waals surface area contributed by atoms with Gasteiger partial charge in [0.2, 0.25) is 0 Å². The van der Waals surface area contributed by atoms with Crippen molar-refractivity contribution >= 4 is 5.78 Å². The average Bonchev–Trinajstić information content (AvgIpc) is 2.47. The van der Waals surface area contributed by atoms with Crippen molar-refractivity contribution in [2.24, 2.45) is 0 Å². The Morgan fingerprint density at radius 3 is 2.38 bits per heavy atom. The predicted octanol–water partition coefficient (Wildman–Crippen LogP) is 3.63. The van der Waals surface area contributed by atoms with Crippen LogP contribution in [0.3, 0.4) is 0 Å². The quantitative estimate of drug-likeness (QED) is 0.602. The second-order valence-electron chi connectivity index (χ2n) is 4.32. The topological polar surface area (TPSA) is 35.5 Å². The van der Waals surface area contributed by atoms with Gasteiger partial charge in [0.05, 0.1) is 5.56 Å². The first kappa shape index (κ1) is 15.0. The molecule has 0 saturated heterocycles. The van der Waals surface area contributed by atoms with Crippen LogP contribution < -0.4 is 9.47 Å². The van der Waals surface area contributed by atoms with Gasteiger partial charge in [-0.3, -0.25) is 4.79 Å². The molecule has 0 bridgehead atoms. The molecule has 5 heteroatoms. The van der Waals surface area contributed by atoms with Crippen molar-refractivity contribution in [1.29, 1.82) is 0 Å². The summed E-state index contributed by atoms with van der Waals surface area (Å²) in [5.41, 5.74) is 0.467. The molecule has 3 nitrogen and oxygen atoms in total. The number of halogens is 2. The van der Waals surface area contributed by atoms with E-state index in [4.69, 9.17) is 9.47 Å². The fourth-order valence-electron chi connectivity index (χ4n) is 1.77. The molecule has 2 rings (SSSR count). The Hall–Kier alpha value is -2.43. The Morgan fingerprint density at radius 1 is 1.00 bits per heavy atom. The molecule has 0 aliphatic carbocycles. The number of carbonyl (C=O) groups is 1. The molecule has 0 fully saturated rings. The highest BCUT2D eigenvalue weighted by Gasteiger charge is 2.08. The molecule has 0 spiro atoms. The van der Waals surface area contributed by atoms with Crippen molar-refractivity contribution in [3.8, 4) is 11.5 Å². The zero-order chi connectivity index (χ0) is 15.2. The number of carbonyl (C=O) groups excluding carboxylic acids is 1. The fourth-order valence-corrected chi connectivity index (χ4v) is 1.77. The van der Waals surface area contributed by atoms with Gasteiger partial charge >= 0.3 is 0 Å². The Balaban J connectivity index is 1.91. The van der Waals surface area contributed by atoms with Gasteiger partial charge in [-0.25, -0.2) is 8.78 Å². The summed E-state index contributed by atoms with van der Waals surface area (Å²) < 4.78 is 36.8. The SMILES string of the molecule is CC(=O)c1ccccc1OCCOc1cc(F)ccc1F. The van der Waals surface area contributed by atoms with Gasteiger partial charge in [0.15, 0.2) is 17.3 Å². The molecule has 0 aromatic heterocycles. The molecule has 0 saturated carbocycles. The summed E-state index contributed by atoms with van der Waals surface area (Å²) in [6.07, 6.45) is 0. The van der Waals surface area contributed by atoms with Gasteiger partial charge in [-0.1, -0.05) is 12.1 Å². The van der Waals surface area contributed by atoms with Crippen LogP contribution in [0.4, 0.5) is 8.78 Å². The van der Waals surface area contributed by atoms with Crippen LogP contribution in [0.25, 0.3) is 0 Å². The molecule has 0 aliphatic rings. The van der Waals surface area contributed by atoms with Crippen molar-refractivity contribution in [1.82, 2.24) is 0 Å². The summed E-state index contributed by atoms with van der Waals surface area (Å²) in [7, 11) is 0. The molecule has 0 unspecified atom stereocenters. The summed E-state index contributed by atoms with van der Waals surface area (Å²) in [4.78, 5) is 11.4. The van der Waals surface area contributed by atoms with E-state index in [1.807, 2.05) is 0 Å². The Kier molecular flexibility index (Phi) is 4.87. The van der Waals surface area contributed by atoms with Gasteiger partial charge in [-0.05, 0) is 31.2 Å². The molecule has 0 atom stereocenters. The van der Waals surface area contributed by atoms with E-state index in [9.17, 15) is 13.6 Å². The zero-order valence-electron chi connectivity index (χ0n) is 11.4. The lowest BCUT2D eigenvalue weighted by molar-refractivity contribution is 0.101. The predicted molar refractivity (Wildman–Crippen MR) is 73.8 cm³/mol. The minimum Gasteiger partial charge on any atom is -0.489 e. The molecule has 110 valence electrons. The Labute approximate surface area is 121 Å². The third-order valence-electron chi connectivity index (χ3n) is 2.76. The standard InChI is InChI=1S/C16H14F2O3/c1-11(19)13-4-2-3-5-15(13)20-8-9-21-16-10-12(17)6-7-14(16)18/h2-7,10H,8-9H2,1H3. The number of ketones is 1. The summed E-state index contributed by atoms with van der Waals surface area (Å²) >= 11 is 0. The number of hydrogen-bond donors (Lipinski definition) is 0. The van der Waals surface area contributed by atoms with Crippen molar-refractivity contribution < 1.29 is 23.0 Å². The van der Waals surface area contributed by atoms with Crippen molar-refractivity contribution in [3.05, 3.63) is 59.7 Å². The van der Waals surface area contributed by atoms with Crippen LogP contribution >= 0.6 is 0 Å². The third-order valence-corrected chi connectivity index (χ3v) is 2.76. The number of Topliss-reactive ketones (excluding diaryl/α,β-unsaturated/α-hetero) is 1. The smallest absolute Gasteiger partial charge is 0.165 e. The number of ether oxygens (including phenoxy) is 2. The maximum atomic E-state index is 13.3. The fraction of sp³-hybridized carbons (Fsp3) is 0.188. The van der Waals surface area contributed by atoms with Crippen molar-refractivity contribution in [2.45, 2.75) is 6.92 Å². The second kappa shape index (κ2) is 6.83. The first-order valence-corrected chi connectivity index (χ1v) is 6.38. The maximum absolute atomic E-state index is 13.3. The van der Waals surface area contributed by atoms with Crippen LogP contribution in [0.1, 0.15) is 17.3 Å². The van der Waals surface area contributed by atoms with Gasteiger partial charge in [0, 0.05) is 6.07 Å². The Morgan fingerprint density at radius 2 is 1.67 bits per heavy atom. The van der Waals surface area contributed by atoms with Gasteiger partial charge < -0.3 is 9.47 Å². The lowest BCUT2D eigenvalue weighted by Gasteiger charge is -2.11. The highest BCUT2D eigenvalue weighted by molar-refractivity contribution is 5.96. The minimum absolute atomic E-state index is 0.0343. The summed E-state index contributed by atoms with van der Waals surface area (Å²) in [5.74, 6) is -1.05. The molecular weight excluding hydrogens is 278 g/mol. The van der Waals surface area contributed by atoms with E-state index in [0.717, 1.165) is 18.2 Å². The molecule has 0 radical (unpaired) electrons. The van der Waals surface area contributed by atoms with Crippen molar-refractivity contribution in [3.63, 3.8) is 0 Å². The second-order valence-corrected chi connectivity index (χ2v) is 4.32. The van der Waals surface area contributed by atoms with Crippen LogP contribution in [0.2, 0.25) is 0 Å². The van der Waals surface area contributed by atoms with E-state index in [1.165, 1.54) is 6.92 Å². The van der Waals surface area contributed by atoms with Gasteiger partial charge in [0.1, 0.15) is 24.8 Å². The normalized spacial score (nSPS) is 10.2. The van der Waals surface area contributed by atoms with E-state index < -0.39 is 11.6 Å². The van der Waals surface area contributed by atoms with Gasteiger partial charge in [0.25, 0.3) is 0 Å². The van der Waals surface area contributed by atoms with E-state index in [2.05, 4.69) is 0 Å². The van der Waals surface area contributed by atoms with E-state index >= 15 is 0 Å². The zero-order valence-corrected chi connectivity index (χ0v) is 11.4. The molecule has 0 amide bonds. The molecule has 0 aliphatic heterocycles. The molecule has 2 aromatic rings. The lowest BCUT2D eigenvalue weighted by atomic mass is 10.1.